The number of rotatable bonds is 5. The van der Waals surface area contributed by atoms with Gasteiger partial charge in [-0.1, -0.05) is 11.6 Å². The topological polar surface area (TPSA) is 116 Å². The van der Waals surface area contributed by atoms with Gasteiger partial charge in [0.2, 0.25) is 5.91 Å². The lowest BCUT2D eigenvalue weighted by Gasteiger charge is -2.32. The Morgan fingerprint density at radius 2 is 1.65 bits per heavy atom. The zero-order chi connectivity index (χ0) is 19.1. The number of carbonyl (C=O) groups is 4. The second kappa shape index (κ2) is 9.19. The van der Waals surface area contributed by atoms with E-state index in [1.54, 1.807) is 29.2 Å². The molecule has 1 aromatic carbocycles. The Kier molecular flexibility index (Phi) is 6.97. The van der Waals surface area contributed by atoms with Crippen LogP contribution in [0, 0.1) is 0 Å². The molecule has 0 spiro atoms. The average molecular weight is 382 g/mol. The molecule has 3 amide bonds. The Balaban J connectivity index is 1.75. The third-order valence-corrected chi connectivity index (χ3v) is 4.30. The van der Waals surface area contributed by atoms with E-state index in [9.17, 15) is 19.2 Å². The van der Waals surface area contributed by atoms with E-state index in [0.29, 0.717) is 36.6 Å². The van der Waals surface area contributed by atoms with Gasteiger partial charge in [0.25, 0.3) is 0 Å². The number of aliphatic carboxylic acids is 1. The van der Waals surface area contributed by atoms with Crippen molar-refractivity contribution in [2.45, 2.75) is 31.7 Å². The van der Waals surface area contributed by atoms with Crippen LogP contribution in [-0.4, -0.2) is 52.8 Å². The summed E-state index contributed by atoms with van der Waals surface area (Å²) in [6.07, 6.45) is 0.799. The number of hydrogen-bond donors (Lipinski definition) is 3. The van der Waals surface area contributed by atoms with E-state index in [1.807, 2.05) is 0 Å². The van der Waals surface area contributed by atoms with Crippen molar-refractivity contribution in [2.24, 2.45) is 0 Å². The number of anilines is 1. The lowest BCUT2D eigenvalue weighted by Crippen LogP contribution is -2.49. The molecule has 0 unspecified atom stereocenters. The summed E-state index contributed by atoms with van der Waals surface area (Å²) in [5.41, 5.74) is 0.466. The van der Waals surface area contributed by atoms with Crippen LogP contribution in [0.25, 0.3) is 0 Å². The van der Waals surface area contributed by atoms with Crippen LogP contribution >= 0.6 is 11.6 Å². The van der Waals surface area contributed by atoms with E-state index in [2.05, 4.69) is 10.6 Å². The number of likely N-dealkylation sites (tertiary alicyclic amines) is 1. The molecule has 0 bridgehead atoms. The number of nitrogens with zero attached hydrogens (tertiary/aromatic N) is 1. The molecule has 0 radical (unpaired) electrons. The minimum Gasteiger partial charge on any atom is -0.481 e. The summed E-state index contributed by atoms with van der Waals surface area (Å²) in [4.78, 5) is 47.9. The standard InChI is InChI=1S/C17H20ClN3O5/c18-11-1-3-12(4-2-11)19-16(25)17(26)20-13-7-9-21(10-8-13)14(22)5-6-15(23)24/h1-4,13H,5-10H2,(H,19,25)(H,20,26)(H,23,24). The second-order valence-corrected chi connectivity index (χ2v) is 6.42. The van der Waals surface area contributed by atoms with E-state index < -0.39 is 17.8 Å². The molecule has 1 aliphatic rings. The van der Waals surface area contributed by atoms with E-state index in [4.69, 9.17) is 16.7 Å². The van der Waals surface area contributed by atoms with Gasteiger partial charge in [0, 0.05) is 36.3 Å². The van der Waals surface area contributed by atoms with E-state index in [1.165, 1.54) is 0 Å². The van der Waals surface area contributed by atoms with Crippen molar-refractivity contribution >= 4 is 41.0 Å². The van der Waals surface area contributed by atoms with Crippen LogP contribution in [0.4, 0.5) is 5.69 Å². The predicted molar refractivity (Wildman–Crippen MR) is 94.7 cm³/mol. The normalized spacial score (nSPS) is 14.6. The average Bonchev–Trinajstić information content (AvgIpc) is 2.62. The van der Waals surface area contributed by atoms with Crippen LogP contribution < -0.4 is 10.6 Å². The number of carboxylic acids is 1. The van der Waals surface area contributed by atoms with Crippen molar-refractivity contribution in [3.8, 4) is 0 Å². The number of carbonyl (C=O) groups excluding carboxylic acids is 3. The van der Waals surface area contributed by atoms with Gasteiger partial charge >= 0.3 is 17.8 Å². The summed E-state index contributed by atoms with van der Waals surface area (Å²) in [7, 11) is 0. The summed E-state index contributed by atoms with van der Waals surface area (Å²) in [5, 5.41) is 14.3. The largest absolute Gasteiger partial charge is 0.481 e. The third kappa shape index (κ3) is 6.03. The molecule has 3 N–H and O–H groups in total. The van der Waals surface area contributed by atoms with Crippen molar-refractivity contribution in [1.29, 1.82) is 0 Å². The smallest absolute Gasteiger partial charge is 0.313 e. The molecule has 1 aromatic rings. The van der Waals surface area contributed by atoms with E-state index >= 15 is 0 Å². The maximum atomic E-state index is 12.0. The number of benzene rings is 1. The van der Waals surface area contributed by atoms with Crippen LogP contribution in [0.5, 0.6) is 0 Å². The fraction of sp³-hybridized carbons (Fsp3) is 0.412. The van der Waals surface area contributed by atoms with Crippen LogP contribution in [0.3, 0.4) is 0 Å². The Bertz CT molecular complexity index is 684. The number of piperidine rings is 1. The molecule has 9 heteroatoms. The minimum atomic E-state index is -1.01. The Labute approximate surface area is 155 Å². The molecule has 0 saturated carbocycles. The van der Waals surface area contributed by atoms with Gasteiger partial charge in [0.15, 0.2) is 0 Å². The van der Waals surface area contributed by atoms with Gasteiger partial charge in [-0.3, -0.25) is 19.2 Å². The van der Waals surface area contributed by atoms with Gasteiger partial charge in [-0.05, 0) is 37.1 Å². The molecule has 26 heavy (non-hydrogen) atoms. The number of carboxylic acid groups (broad SMARTS) is 1. The lowest BCUT2D eigenvalue weighted by molar-refractivity contribution is -0.141. The Morgan fingerprint density at radius 3 is 2.23 bits per heavy atom. The van der Waals surface area contributed by atoms with Gasteiger partial charge in [-0.2, -0.15) is 0 Å². The van der Waals surface area contributed by atoms with Crippen LogP contribution in [0.2, 0.25) is 5.02 Å². The predicted octanol–water partition coefficient (Wildman–Crippen LogP) is 1.25. The number of hydrogen-bond acceptors (Lipinski definition) is 4. The van der Waals surface area contributed by atoms with Gasteiger partial charge < -0.3 is 20.6 Å². The monoisotopic (exact) mass is 381 g/mol. The molecule has 1 saturated heterocycles. The van der Waals surface area contributed by atoms with Crippen LogP contribution in [-0.2, 0) is 19.2 Å². The zero-order valence-corrected chi connectivity index (χ0v) is 14.8. The lowest BCUT2D eigenvalue weighted by atomic mass is 10.0. The number of halogens is 1. The molecular formula is C17H20ClN3O5. The first-order valence-corrected chi connectivity index (χ1v) is 8.60. The molecule has 0 atom stereocenters. The van der Waals surface area contributed by atoms with Crippen molar-refractivity contribution in [2.75, 3.05) is 18.4 Å². The summed E-state index contributed by atoms with van der Waals surface area (Å²) in [6, 6.07) is 6.18. The van der Waals surface area contributed by atoms with Crippen LogP contribution in [0.1, 0.15) is 25.7 Å². The first kappa shape index (κ1) is 19.7. The van der Waals surface area contributed by atoms with Crippen LogP contribution in [0.15, 0.2) is 24.3 Å². The quantitative estimate of drug-likeness (QED) is 0.664. The van der Waals surface area contributed by atoms with Gasteiger partial charge in [0.05, 0.1) is 6.42 Å². The minimum absolute atomic E-state index is 0.0319. The number of nitrogens with one attached hydrogen (secondary N) is 2. The molecule has 0 aliphatic carbocycles. The molecule has 8 nitrogen and oxygen atoms in total. The molecule has 2 rings (SSSR count). The molecular weight excluding hydrogens is 362 g/mol. The van der Waals surface area contributed by atoms with Crippen molar-refractivity contribution in [1.82, 2.24) is 10.2 Å². The summed E-state index contributed by atoms with van der Waals surface area (Å²) in [6.45, 7) is 0.838. The molecule has 140 valence electrons. The molecule has 1 heterocycles. The maximum absolute atomic E-state index is 12.0. The highest BCUT2D eigenvalue weighted by Crippen LogP contribution is 2.14. The van der Waals surface area contributed by atoms with Crippen molar-refractivity contribution in [3.05, 3.63) is 29.3 Å². The Morgan fingerprint density at radius 1 is 1.04 bits per heavy atom. The molecule has 1 fully saturated rings. The summed E-state index contributed by atoms with van der Waals surface area (Å²) >= 11 is 5.76. The highest BCUT2D eigenvalue weighted by atomic mass is 35.5. The third-order valence-electron chi connectivity index (χ3n) is 4.04. The maximum Gasteiger partial charge on any atom is 0.313 e. The fourth-order valence-corrected chi connectivity index (χ4v) is 2.74. The van der Waals surface area contributed by atoms with E-state index in [0.717, 1.165) is 0 Å². The summed E-state index contributed by atoms with van der Waals surface area (Å²) in [5.74, 6) is -2.73. The Hall–Kier alpha value is -2.61. The molecule has 1 aliphatic heterocycles. The van der Waals surface area contributed by atoms with Crippen molar-refractivity contribution < 1.29 is 24.3 Å². The zero-order valence-electron chi connectivity index (χ0n) is 14.0. The van der Waals surface area contributed by atoms with Gasteiger partial charge in [0.1, 0.15) is 0 Å². The summed E-state index contributed by atoms with van der Waals surface area (Å²) < 4.78 is 0. The second-order valence-electron chi connectivity index (χ2n) is 5.98. The highest BCUT2D eigenvalue weighted by molar-refractivity contribution is 6.39. The van der Waals surface area contributed by atoms with Gasteiger partial charge in [-0.25, -0.2) is 0 Å². The molecule has 0 aromatic heterocycles. The SMILES string of the molecule is O=C(O)CCC(=O)N1CCC(NC(=O)C(=O)Nc2ccc(Cl)cc2)CC1. The fourth-order valence-electron chi connectivity index (χ4n) is 2.62. The van der Waals surface area contributed by atoms with Gasteiger partial charge in [-0.15, -0.1) is 0 Å². The highest BCUT2D eigenvalue weighted by Gasteiger charge is 2.25. The number of amides is 3. The first-order chi connectivity index (χ1) is 12.3. The first-order valence-electron chi connectivity index (χ1n) is 8.22. The van der Waals surface area contributed by atoms with E-state index in [-0.39, 0.29) is 24.8 Å². The van der Waals surface area contributed by atoms with Crippen molar-refractivity contribution in [3.63, 3.8) is 0 Å².